The van der Waals surface area contributed by atoms with Gasteiger partial charge in [0.25, 0.3) is 15.7 Å². The van der Waals surface area contributed by atoms with Gasteiger partial charge in [-0.15, -0.1) is 0 Å². The lowest BCUT2D eigenvalue weighted by molar-refractivity contribution is -0.384. The molecule has 1 N–H and O–H groups in total. The van der Waals surface area contributed by atoms with Crippen molar-refractivity contribution >= 4 is 62.2 Å². The average Bonchev–Trinajstić information content (AvgIpc) is 2.61. The Morgan fingerprint density at radius 1 is 1.07 bits per heavy atom. The summed E-state index contributed by atoms with van der Waals surface area (Å²) < 4.78 is 27.1. The van der Waals surface area contributed by atoms with Crippen molar-refractivity contribution in [3.63, 3.8) is 0 Å². The molecule has 0 unspecified atom stereocenters. The molecule has 150 valence electrons. The number of hydrogen-bond acceptors (Lipinski definition) is 5. The minimum Gasteiger partial charge on any atom is -0.481 e. The largest absolute Gasteiger partial charge is 0.481 e. The van der Waals surface area contributed by atoms with E-state index in [0.717, 1.165) is 22.5 Å². The molecule has 0 aliphatic rings. The number of nitro benzene ring substituents is 1. The molecule has 0 atom stereocenters. The third-order valence-electron chi connectivity index (χ3n) is 3.64. The number of carboxylic acids is 1. The Balaban J connectivity index is 2.58. The van der Waals surface area contributed by atoms with Crippen LogP contribution >= 0.6 is 34.8 Å². The SMILES string of the molecule is O=C(O)CCCN(c1cc([N+](=O)[O-])ccc1Cl)S(=O)(=O)c1ccc(Cl)c(Cl)c1. The molecule has 28 heavy (non-hydrogen) atoms. The number of hydrogen-bond donors (Lipinski definition) is 1. The number of anilines is 1. The summed E-state index contributed by atoms with van der Waals surface area (Å²) in [6.07, 6.45) is -0.352. The summed E-state index contributed by atoms with van der Waals surface area (Å²) in [6, 6.07) is 6.99. The molecule has 0 saturated carbocycles. The van der Waals surface area contributed by atoms with Crippen LogP contribution in [-0.2, 0) is 14.8 Å². The van der Waals surface area contributed by atoms with Crippen molar-refractivity contribution in [2.75, 3.05) is 10.8 Å². The van der Waals surface area contributed by atoms with Crippen LogP contribution in [0.5, 0.6) is 0 Å². The lowest BCUT2D eigenvalue weighted by Crippen LogP contribution is -2.32. The topological polar surface area (TPSA) is 118 Å². The molecule has 2 aromatic rings. The predicted molar refractivity (Wildman–Crippen MR) is 106 cm³/mol. The zero-order valence-corrected chi connectivity index (χ0v) is 17.1. The molecule has 0 aliphatic carbocycles. The first kappa shape index (κ1) is 22.2. The highest BCUT2D eigenvalue weighted by molar-refractivity contribution is 7.92. The van der Waals surface area contributed by atoms with Gasteiger partial charge in [0.2, 0.25) is 0 Å². The molecule has 0 bridgehead atoms. The van der Waals surface area contributed by atoms with Gasteiger partial charge in [-0.1, -0.05) is 34.8 Å². The number of carboxylic acid groups (broad SMARTS) is 1. The van der Waals surface area contributed by atoms with Gasteiger partial charge in [-0.25, -0.2) is 8.42 Å². The summed E-state index contributed by atoms with van der Waals surface area (Å²) in [7, 11) is -4.27. The molecule has 2 rings (SSSR count). The van der Waals surface area contributed by atoms with Crippen molar-refractivity contribution in [1.29, 1.82) is 0 Å². The molecule has 0 aromatic heterocycles. The van der Waals surface area contributed by atoms with E-state index in [-0.39, 0.29) is 50.7 Å². The van der Waals surface area contributed by atoms with Crippen molar-refractivity contribution in [2.45, 2.75) is 17.7 Å². The van der Waals surface area contributed by atoms with Crippen molar-refractivity contribution in [3.8, 4) is 0 Å². The summed E-state index contributed by atoms with van der Waals surface area (Å²) in [6.45, 7) is -0.268. The van der Waals surface area contributed by atoms with Crippen molar-refractivity contribution in [3.05, 3.63) is 61.6 Å². The molecule has 0 fully saturated rings. The first-order valence-electron chi connectivity index (χ1n) is 7.67. The Morgan fingerprint density at radius 2 is 1.71 bits per heavy atom. The van der Waals surface area contributed by atoms with Gasteiger partial charge >= 0.3 is 5.97 Å². The molecule has 0 radical (unpaired) electrons. The van der Waals surface area contributed by atoms with Gasteiger partial charge in [0.1, 0.15) is 0 Å². The first-order valence-corrected chi connectivity index (χ1v) is 10.2. The number of benzene rings is 2. The van der Waals surface area contributed by atoms with E-state index in [4.69, 9.17) is 39.9 Å². The summed E-state index contributed by atoms with van der Waals surface area (Å²) in [4.78, 5) is 21.0. The van der Waals surface area contributed by atoms with Gasteiger partial charge in [-0.05, 0) is 30.7 Å². The number of nitro groups is 1. The second-order valence-corrected chi connectivity index (χ2v) is 8.63. The van der Waals surface area contributed by atoms with Crippen LogP contribution in [0.3, 0.4) is 0 Å². The van der Waals surface area contributed by atoms with Gasteiger partial charge < -0.3 is 5.11 Å². The molecule has 0 amide bonds. The van der Waals surface area contributed by atoms with Crippen LogP contribution < -0.4 is 4.31 Å². The van der Waals surface area contributed by atoms with Crippen LogP contribution in [0.1, 0.15) is 12.8 Å². The van der Waals surface area contributed by atoms with E-state index >= 15 is 0 Å². The highest BCUT2D eigenvalue weighted by Gasteiger charge is 2.28. The average molecular weight is 468 g/mol. The number of halogens is 3. The number of non-ortho nitro benzene ring substituents is 1. The molecule has 0 saturated heterocycles. The van der Waals surface area contributed by atoms with E-state index in [9.17, 15) is 23.3 Å². The van der Waals surface area contributed by atoms with Crippen molar-refractivity contribution < 1.29 is 23.2 Å². The number of carbonyl (C=O) groups is 1. The van der Waals surface area contributed by atoms with Crippen molar-refractivity contribution in [1.82, 2.24) is 0 Å². The Kier molecular flexibility index (Phi) is 7.11. The van der Waals surface area contributed by atoms with E-state index in [1.807, 2.05) is 0 Å². The van der Waals surface area contributed by atoms with E-state index in [1.54, 1.807) is 0 Å². The zero-order chi connectivity index (χ0) is 21.1. The fraction of sp³-hybridized carbons (Fsp3) is 0.188. The highest BCUT2D eigenvalue weighted by atomic mass is 35.5. The summed E-state index contributed by atoms with van der Waals surface area (Å²) in [5, 5.41) is 20.0. The molecular weight excluding hydrogens is 455 g/mol. The van der Waals surface area contributed by atoms with Crippen LogP contribution in [0.2, 0.25) is 15.1 Å². The summed E-state index contributed by atoms with van der Waals surface area (Å²) in [5.74, 6) is -1.11. The summed E-state index contributed by atoms with van der Waals surface area (Å²) >= 11 is 17.8. The van der Waals surface area contributed by atoms with Crippen LogP contribution in [0.4, 0.5) is 11.4 Å². The van der Waals surface area contributed by atoms with Crippen molar-refractivity contribution in [2.24, 2.45) is 0 Å². The Labute approximate surface area is 175 Å². The maximum Gasteiger partial charge on any atom is 0.303 e. The number of nitrogens with zero attached hydrogens (tertiary/aromatic N) is 2. The van der Waals surface area contributed by atoms with Crippen LogP contribution in [0, 0.1) is 10.1 Å². The molecular formula is C16H13Cl3N2O6S. The van der Waals surface area contributed by atoms with E-state index < -0.39 is 20.9 Å². The minimum atomic E-state index is -4.27. The molecule has 0 heterocycles. The van der Waals surface area contributed by atoms with E-state index in [2.05, 4.69) is 0 Å². The molecule has 0 aliphatic heterocycles. The summed E-state index contributed by atoms with van der Waals surface area (Å²) in [5.41, 5.74) is -0.515. The van der Waals surface area contributed by atoms with E-state index in [0.29, 0.717) is 0 Å². The van der Waals surface area contributed by atoms with Gasteiger partial charge in [0.05, 0.1) is 30.6 Å². The minimum absolute atomic E-state index is 0.00151. The van der Waals surface area contributed by atoms with Gasteiger partial charge in [0, 0.05) is 25.1 Å². The number of aliphatic carboxylic acids is 1. The molecule has 12 heteroatoms. The Bertz CT molecular complexity index is 1030. The van der Waals surface area contributed by atoms with Gasteiger partial charge in [0.15, 0.2) is 0 Å². The van der Waals surface area contributed by atoms with Crippen LogP contribution in [-0.4, -0.2) is 31.0 Å². The Hall–Kier alpha value is -2.07. The third kappa shape index (κ3) is 5.05. The zero-order valence-electron chi connectivity index (χ0n) is 14.0. The smallest absolute Gasteiger partial charge is 0.303 e. The maximum absolute atomic E-state index is 13.2. The fourth-order valence-corrected chi connectivity index (χ4v) is 4.49. The third-order valence-corrected chi connectivity index (χ3v) is 6.51. The second-order valence-electron chi connectivity index (χ2n) is 5.54. The maximum atomic E-state index is 13.2. The monoisotopic (exact) mass is 466 g/mol. The lowest BCUT2D eigenvalue weighted by Gasteiger charge is -2.25. The quantitative estimate of drug-likeness (QED) is 0.447. The molecule has 8 nitrogen and oxygen atoms in total. The number of rotatable bonds is 8. The van der Waals surface area contributed by atoms with Gasteiger partial charge in [-0.3, -0.25) is 19.2 Å². The molecule has 0 spiro atoms. The Morgan fingerprint density at radius 3 is 2.29 bits per heavy atom. The predicted octanol–water partition coefficient (Wildman–Crippen LogP) is 4.62. The second kappa shape index (κ2) is 8.95. The standard InChI is InChI=1S/C16H13Cl3N2O6S/c17-12-6-4-11(9-14(12)19)28(26,27)20(7-1-2-16(22)23)15-8-10(21(24)25)3-5-13(15)18/h3-6,8-9H,1-2,7H2,(H,22,23). The number of sulfonamides is 1. The van der Waals surface area contributed by atoms with Gasteiger partial charge in [-0.2, -0.15) is 0 Å². The molecule has 2 aromatic carbocycles. The lowest BCUT2D eigenvalue weighted by atomic mass is 10.2. The first-order chi connectivity index (χ1) is 13.0. The van der Waals surface area contributed by atoms with E-state index in [1.165, 1.54) is 18.2 Å². The van der Waals surface area contributed by atoms with Crippen LogP contribution in [0.25, 0.3) is 0 Å². The fourth-order valence-electron chi connectivity index (χ4n) is 2.31. The normalized spacial score (nSPS) is 11.2. The van der Waals surface area contributed by atoms with Crippen LogP contribution in [0.15, 0.2) is 41.3 Å². The highest BCUT2D eigenvalue weighted by Crippen LogP contribution is 2.35.